The van der Waals surface area contributed by atoms with E-state index in [2.05, 4.69) is 18.7 Å². The van der Waals surface area contributed by atoms with E-state index >= 15 is 0 Å². The summed E-state index contributed by atoms with van der Waals surface area (Å²) in [7, 11) is 0. The largest absolute Gasteiger partial charge is 0.326 e. The minimum absolute atomic E-state index is 0.00505. The van der Waals surface area contributed by atoms with Crippen molar-refractivity contribution in [1.29, 1.82) is 0 Å². The SMILES string of the molecule is CC(N)C(c1cccc(F)c1)N1CCCC(C)C1C. The number of likely N-dealkylation sites (tertiary alicyclic amines) is 1. The van der Waals surface area contributed by atoms with Crippen molar-refractivity contribution < 1.29 is 4.39 Å². The van der Waals surface area contributed by atoms with Crippen LogP contribution in [0.4, 0.5) is 4.39 Å². The monoisotopic (exact) mass is 264 g/mol. The number of benzene rings is 1. The van der Waals surface area contributed by atoms with Crippen molar-refractivity contribution in [2.45, 2.75) is 51.7 Å². The maximum Gasteiger partial charge on any atom is 0.123 e. The first-order chi connectivity index (χ1) is 9.00. The Hall–Kier alpha value is -0.930. The zero-order valence-corrected chi connectivity index (χ0v) is 12.1. The van der Waals surface area contributed by atoms with Gasteiger partial charge in [0.25, 0.3) is 0 Å². The average molecular weight is 264 g/mol. The van der Waals surface area contributed by atoms with E-state index in [4.69, 9.17) is 5.73 Å². The molecule has 1 aromatic rings. The molecule has 2 nitrogen and oxygen atoms in total. The molecule has 1 aromatic carbocycles. The highest BCUT2D eigenvalue weighted by Crippen LogP contribution is 2.33. The summed E-state index contributed by atoms with van der Waals surface area (Å²) in [6, 6.07) is 7.47. The molecule has 2 N–H and O–H groups in total. The molecule has 1 fully saturated rings. The average Bonchev–Trinajstić information content (AvgIpc) is 2.34. The summed E-state index contributed by atoms with van der Waals surface area (Å²) >= 11 is 0. The van der Waals surface area contributed by atoms with Gasteiger partial charge in [0.15, 0.2) is 0 Å². The van der Waals surface area contributed by atoms with E-state index < -0.39 is 0 Å². The maximum absolute atomic E-state index is 13.5. The highest BCUT2D eigenvalue weighted by Gasteiger charge is 2.33. The predicted octanol–water partition coefficient (Wildman–Crippen LogP) is 3.33. The van der Waals surface area contributed by atoms with Crippen LogP contribution in [-0.2, 0) is 0 Å². The quantitative estimate of drug-likeness (QED) is 0.907. The number of nitrogens with two attached hydrogens (primary N) is 1. The lowest BCUT2D eigenvalue weighted by molar-refractivity contribution is 0.0578. The first-order valence-corrected chi connectivity index (χ1v) is 7.27. The van der Waals surface area contributed by atoms with E-state index in [1.807, 2.05) is 13.0 Å². The first kappa shape index (κ1) is 14.5. The van der Waals surface area contributed by atoms with Gasteiger partial charge in [-0.3, -0.25) is 4.90 Å². The molecule has 4 atom stereocenters. The van der Waals surface area contributed by atoms with Gasteiger partial charge in [0.1, 0.15) is 5.82 Å². The lowest BCUT2D eigenvalue weighted by Crippen LogP contribution is -2.49. The van der Waals surface area contributed by atoms with E-state index in [9.17, 15) is 4.39 Å². The molecule has 0 amide bonds. The molecule has 1 saturated heterocycles. The third kappa shape index (κ3) is 3.15. The van der Waals surface area contributed by atoms with Crippen molar-refractivity contribution in [2.24, 2.45) is 11.7 Å². The molecule has 1 aliphatic rings. The molecule has 0 aromatic heterocycles. The van der Waals surface area contributed by atoms with Crippen LogP contribution in [0.15, 0.2) is 24.3 Å². The minimum Gasteiger partial charge on any atom is -0.326 e. The Balaban J connectivity index is 2.29. The molecule has 0 bridgehead atoms. The molecule has 0 saturated carbocycles. The van der Waals surface area contributed by atoms with Gasteiger partial charge in [0.05, 0.1) is 0 Å². The number of halogens is 1. The third-order valence-corrected chi connectivity index (χ3v) is 4.47. The highest BCUT2D eigenvalue weighted by atomic mass is 19.1. The van der Waals surface area contributed by atoms with Gasteiger partial charge in [-0.15, -0.1) is 0 Å². The molecule has 19 heavy (non-hydrogen) atoms. The van der Waals surface area contributed by atoms with Gasteiger partial charge in [-0.1, -0.05) is 19.1 Å². The lowest BCUT2D eigenvalue weighted by atomic mass is 9.87. The van der Waals surface area contributed by atoms with Gasteiger partial charge in [-0.05, 0) is 56.8 Å². The summed E-state index contributed by atoms with van der Waals surface area (Å²) in [5.74, 6) is 0.490. The van der Waals surface area contributed by atoms with Gasteiger partial charge in [-0.2, -0.15) is 0 Å². The molecule has 1 aliphatic heterocycles. The second-order valence-electron chi connectivity index (χ2n) is 5.96. The molecule has 106 valence electrons. The Morgan fingerprint density at radius 3 is 2.74 bits per heavy atom. The van der Waals surface area contributed by atoms with Crippen molar-refractivity contribution >= 4 is 0 Å². The zero-order valence-electron chi connectivity index (χ0n) is 12.1. The van der Waals surface area contributed by atoms with Crippen molar-refractivity contribution in [2.75, 3.05) is 6.54 Å². The fourth-order valence-electron chi connectivity index (χ4n) is 3.25. The number of piperidine rings is 1. The third-order valence-electron chi connectivity index (χ3n) is 4.47. The van der Waals surface area contributed by atoms with E-state index in [1.54, 1.807) is 12.1 Å². The van der Waals surface area contributed by atoms with Crippen LogP contribution in [0.5, 0.6) is 0 Å². The van der Waals surface area contributed by atoms with Gasteiger partial charge in [0, 0.05) is 18.1 Å². The van der Waals surface area contributed by atoms with Crippen molar-refractivity contribution in [3.05, 3.63) is 35.6 Å². The minimum atomic E-state index is -0.180. The van der Waals surface area contributed by atoms with Crippen LogP contribution in [0.1, 0.15) is 45.2 Å². The second-order valence-corrected chi connectivity index (χ2v) is 5.96. The van der Waals surface area contributed by atoms with Crippen molar-refractivity contribution in [1.82, 2.24) is 4.90 Å². The smallest absolute Gasteiger partial charge is 0.123 e. The molecule has 2 rings (SSSR count). The standard InChI is InChI=1S/C16H25FN2/c1-11-6-5-9-19(13(11)3)16(12(2)18)14-7-4-8-15(17)10-14/h4,7-8,10-13,16H,5-6,9,18H2,1-3H3. The van der Waals surface area contributed by atoms with Crippen LogP contribution in [0.2, 0.25) is 0 Å². The fourth-order valence-corrected chi connectivity index (χ4v) is 3.25. The van der Waals surface area contributed by atoms with E-state index in [-0.39, 0.29) is 17.9 Å². The van der Waals surface area contributed by atoms with Crippen molar-refractivity contribution in [3.63, 3.8) is 0 Å². The normalized spacial score (nSPS) is 28.1. The second kappa shape index (κ2) is 6.02. The van der Waals surface area contributed by atoms with E-state index in [1.165, 1.54) is 18.9 Å². The summed E-state index contributed by atoms with van der Waals surface area (Å²) in [5.41, 5.74) is 7.19. The number of nitrogens with zero attached hydrogens (tertiary/aromatic N) is 1. The van der Waals surface area contributed by atoms with Gasteiger partial charge >= 0.3 is 0 Å². The molecular formula is C16H25FN2. The van der Waals surface area contributed by atoms with Crippen LogP contribution in [0.3, 0.4) is 0 Å². The highest BCUT2D eigenvalue weighted by molar-refractivity contribution is 5.22. The molecule has 0 aliphatic carbocycles. The van der Waals surface area contributed by atoms with Crippen LogP contribution < -0.4 is 5.73 Å². The van der Waals surface area contributed by atoms with E-state index in [0.29, 0.717) is 12.0 Å². The van der Waals surface area contributed by atoms with Gasteiger partial charge in [-0.25, -0.2) is 4.39 Å². The Bertz CT molecular complexity index is 419. The Morgan fingerprint density at radius 2 is 2.11 bits per heavy atom. The molecule has 1 heterocycles. The van der Waals surface area contributed by atoms with Crippen LogP contribution >= 0.6 is 0 Å². The topological polar surface area (TPSA) is 29.3 Å². The zero-order chi connectivity index (χ0) is 14.0. The fraction of sp³-hybridized carbons (Fsp3) is 0.625. The molecule has 0 radical (unpaired) electrons. The summed E-state index contributed by atoms with van der Waals surface area (Å²) in [6.45, 7) is 7.62. The molecule has 4 unspecified atom stereocenters. The van der Waals surface area contributed by atoms with Crippen LogP contribution in [0.25, 0.3) is 0 Å². The Kier molecular flexibility index (Phi) is 4.58. The Morgan fingerprint density at radius 1 is 1.37 bits per heavy atom. The van der Waals surface area contributed by atoms with Gasteiger partial charge < -0.3 is 5.73 Å². The van der Waals surface area contributed by atoms with Gasteiger partial charge in [0.2, 0.25) is 0 Å². The van der Waals surface area contributed by atoms with Crippen LogP contribution in [-0.4, -0.2) is 23.5 Å². The number of rotatable bonds is 3. The van der Waals surface area contributed by atoms with Crippen molar-refractivity contribution in [3.8, 4) is 0 Å². The summed E-state index contributed by atoms with van der Waals surface area (Å²) < 4.78 is 13.5. The summed E-state index contributed by atoms with van der Waals surface area (Å²) in [6.07, 6.45) is 2.47. The molecule has 3 heteroatoms. The summed E-state index contributed by atoms with van der Waals surface area (Å²) in [5, 5.41) is 0. The maximum atomic E-state index is 13.5. The van der Waals surface area contributed by atoms with Crippen LogP contribution in [0, 0.1) is 11.7 Å². The Labute approximate surface area is 115 Å². The summed E-state index contributed by atoms with van der Waals surface area (Å²) in [4.78, 5) is 2.45. The van der Waals surface area contributed by atoms with E-state index in [0.717, 1.165) is 12.1 Å². The predicted molar refractivity (Wildman–Crippen MR) is 77.4 cm³/mol. The first-order valence-electron chi connectivity index (χ1n) is 7.27. The number of hydrogen-bond donors (Lipinski definition) is 1. The molecule has 0 spiro atoms. The molecular weight excluding hydrogens is 239 g/mol. The number of hydrogen-bond acceptors (Lipinski definition) is 2. The lowest BCUT2D eigenvalue weighted by Gasteiger charge is -2.44.